The van der Waals surface area contributed by atoms with Crippen LogP contribution in [0.5, 0.6) is 5.75 Å². The summed E-state index contributed by atoms with van der Waals surface area (Å²) < 4.78 is 10.1. The molecule has 0 aliphatic carbocycles. The fourth-order valence-electron chi connectivity index (χ4n) is 1.72. The molecule has 0 unspecified atom stereocenters. The SMILES string of the molecule is CCOc1ccc(C2=C(C)OC(=O)C2=O)cc1. The Bertz CT molecular complexity index is 497. The van der Waals surface area contributed by atoms with Gasteiger partial charge < -0.3 is 9.47 Å². The van der Waals surface area contributed by atoms with E-state index in [0.717, 1.165) is 5.75 Å². The third kappa shape index (κ3) is 2.06. The number of hydrogen-bond donors (Lipinski definition) is 0. The van der Waals surface area contributed by atoms with Gasteiger partial charge in [0.05, 0.1) is 12.2 Å². The number of ketones is 1. The highest BCUT2D eigenvalue weighted by Crippen LogP contribution is 2.28. The van der Waals surface area contributed by atoms with Crippen LogP contribution < -0.4 is 4.74 Å². The minimum Gasteiger partial charge on any atom is -0.494 e. The molecule has 0 saturated heterocycles. The van der Waals surface area contributed by atoms with Gasteiger partial charge in [-0.15, -0.1) is 0 Å². The van der Waals surface area contributed by atoms with Crippen LogP contribution in [0.25, 0.3) is 5.57 Å². The second-order valence-electron chi connectivity index (χ2n) is 3.61. The number of carbonyl (C=O) groups excluding carboxylic acids is 2. The maximum Gasteiger partial charge on any atom is 0.384 e. The number of benzene rings is 1. The smallest absolute Gasteiger partial charge is 0.384 e. The van der Waals surface area contributed by atoms with Crippen molar-refractivity contribution in [2.45, 2.75) is 13.8 Å². The van der Waals surface area contributed by atoms with Gasteiger partial charge in [0.25, 0.3) is 5.78 Å². The molecule has 0 amide bonds. The van der Waals surface area contributed by atoms with Gasteiger partial charge in [-0.05, 0) is 31.5 Å². The predicted molar refractivity (Wildman–Crippen MR) is 61.3 cm³/mol. The Balaban J connectivity index is 2.32. The molecule has 0 spiro atoms. The van der Waals surface area contributed by atoms with Crippen molar-refractivity contribution in [3.05, 3.63) is 35.6 Å². The Kier molecular flexibility index (Phi) is 2.95. The largest absolute Gasteiger partial charge is 0.494 e. The van der Waals surface area contributed by atoms with Crippen molar-refractivity contribution >= 4 is 17.3 Å². The summed E-state index contributed by atoms with van der Waals surface area (Å²) in [5.41, 5.74) is 1.000. The zero-order chi connectivity index (χ0) is 12.4. The number of esters is 1. The molecule has 2 rings (SSSR count). The molecule has 0 atom stereocenters. The van der Waals surface area contributed by atoms with Crippen molar-refractivity contribution < 1.29 is 19.1 Å². The van der Waals surface area contributed by atoms with Crippen molar-refractivity contribution in [1.82, 2.24) is 0 Å². The molecule has 1 aromatic rings. The van der Waals surface area contributed by atoms with Gasteiger partial charge in [-0.25, -0.2) is 4.79 Å². The van der Waals surface area contributed by atoms with Crippen molar-refractivity contribution in [3.8, 4) is 5.75 Å². The summed E-state index contributed by atoms with van der Waals surface area (Å²) in [6, 6.07) is 7.00. The second-order valence-corrected chi connectivity index (χ2v) is 3.61. The summed E-state index contributed by atoms with van der Waals surface area (Å²) in [5, 5.41) is 0. The minimum absolute atomic E-state index is 0.332. The highest BCUT2D eigenvalue weighted by Gasteiger charge is 2.32. The molecule has 88 valence electrons. The van der Waals surface area contributed by atoms with E-state index in [1.165, 1.54) is 0 Å². The number of Topliss-reactive ketones (excluding diaryl/α,β-unsaturated/α-hetero) is 1. The van der Waals surface area contributed by atoms with Gasteiger partial charge in [0.15, 0.2) is 0 Å². The molecule has 0 radical (unpaired) electrons. The molecule has 0 aromatic heterocycles. The summed E-state index contributed by atoms with van der Waals surface area (Å²) in [4.78, 5) is 22.7. The summed E-state index contributed by atoms with van der Waals surface area (Å²) >= 11 is 0. The monoisotopic (exact) mass is 232 g/mol. The number of hydrogen-bond acceptors (Lipinski definition) is 4. The van der Waals surface area contributed by atoms with Crippen LogP contribution in [0.4, 0.5) is 0 Å². The fraction of sp³-hybridized carbons (Fsp3) is 0.231. The predicted octanol–water partition coefficient (Wildman–Crippen LogP) is 1.94. The maximum absolute atomic E-state index is 11.6. The van der Waals surface area contributed by atoms with Crippen LogP contribution in [-0.2, 0) is 14.3 Å². The van der Waals surface area contributed by atoms with E-state index >= 15 is 0 Å². The molecule has 0 fully saturated rings. The zero-order valence-corrected chi connectivity index (χ0v) is 9.65. The standard InChI is InChI=1S/C13H12O4/c1-3-16-10-6-4-9(5-7-10)11-8(2)17-13(15)12(11)14/h4-7H,3H2,1-2H3. The van der Waals surface area contributed by atoms with Crippen LogP contribution in [0.2, 0.25) is 0 Å². The molecule has 4 nitrogen and oxygen atoms in total. The Labute approximate surface area is 98.8 Å². The number of carbonyl (C=O) groups is 2. The Morgan fingerprint density at radius 1 is 1.18 bits per heavy atom. The van der Waals surface area contributed by atoms with Gasteiger partial charge in [0.1, 0.15) is 11.5 Å². The van der Waals surface area contributed by atoms with Crippen molar-refractivity contribution in [1.29, 1.82) is 0 Å². The van der Waals surface area contributed by atoms with Crippen LogP contribution in [0.15, 0.2) is 30.0 Å². The molecule has 1 aliphatic rings. The van der Waals surface area contributed by atoms with E-state index < -0.39 is 11.8 Å². The molecule has 1 aliphatic heterocycles. The van der Waals surface area contributed by atoms with Gasteiger partial charge in [0.2, 0.25) is 0 Å². The maximum atomic E-state index is 11.6. The van der Waals surface area contributed by atoms with Gasteiger partial charge >= 0.3 is 5.97 Å². The van der Waals surface area contributed by atoms with Crippen LogP contribution in [-0.4, -0.2) is 18.4 Å². The van der Waals surface area contributed by atoms with E-state index in [1.807, 2.05) is 6.92 Å². The van der Waals surface area contributed by atoms with Crippen LogP contribution in [0.3, 0.4) is 0 Å². The molecular formula is C13H12O4. The second kappa shape index (κ2) is 4.41. The Morgan fingerprint density at radius 3 is 2.29 bits per heavy atom. The lowest BCUT2D eigenvalue weighted by atomic mass is 10.0. The van der Waals surface area contributed by atoms with Crippen LogP contribution in [0.1, 0.15) is 19.4 Å². The highest BCUT2D eigenvalue weighted by atomic mass is 16.5. The number of cyclic esters (lactones) is 1. The lowest BCUT2D eigenvalue weighted by Crippen LogP contribution is -2.09. The van der Waals surface area contributed by atoms with E-state index in [1.54, 1.807) is 31.2 Å². The molecule has 1 aromatic carbocycles. The number of ether oxygens (including phenoxy) is 2. The Morgan fingerprint density at radius 2 is 1.82 bits per heavy atom. The summed E-state index contributed by atoms with van der Waals surface area (Å²) in [6.07, 6.45) is 0. The van der Waals surface area contributed by atoms with Crippen LogP contribution in [0, 0.1) is 0 Å². The molecule has 0 saturated carbocycles. The first-order valence-corrected chi connectivity index (χ1v) is 5.34. The molecule has 17 heavy (non-hydrogen) atoms. The highest BCUT2D eigenvalue weighted by molar-refractivity contribution is 6.54. The fourth-order valence-corrected chi connectivity index (χ4v) is 1.72. The van der Waals surface area contributed by atoms with Gasteiger partial charge in [-0.1, -0.05) is 12.1 Å². The molecule has 1 heterocycles. The molecule has 4 heteroatoms. The Hall–Kier alpha value is -2.10. The summed E-state index contributed by atoms with van der Waals surface area (Å²) in [5.74, 6) is -0.325. The first kappa shape index (κ1) is 11.4. The van der Waals surface area contributed by atoms with Crippen LogP contribution >= 0.6 is 0 Å². The average Bonchev–Trinajstić information content (AvgIpc) is 2.55. The first-order chi connectivity index (χ1) is 8.13. The average molecular weight is 232 g/mol. The third-order valence-corrected chi connectivity index (χ3v) is 2.46. The lowest BCUT2D eigenvalue weighted by molar-refractivity contribution is -0.145. The summed E-state index contributed by atoms with van der Waals surface area (Å²) in [7, 11) is 0. The van der Waals surface area contributed by atoms with Gasteiger partial charge in [-0.2, -0.15) is 0 Å². The normalized spacial score (nSPS) is 15.2. The number of rotatable bonds is 3. The third-order valence-electron chi connectivity index (χ3n) is 2.46. The van der Waals surface area contributed by atoms with Gasteiger partial charge in [-0.3, -0.25) is 4.79 Å². The van der Waals surface area contributed by atoms with E-state index in [0.29, 0.717) is 23.5 Å². The zero-order valence-electron chi connectivity index (χ0n) is 9.65. The number of allylic oxidation sites excluding steroid dienone is 1. The summed E-state index contributed by atoms with van der Waals surface area (Å²) in [6.45, 7) is 4.09. The van der Waals surface area contributed by atoms with E-state index in [2.05, 4.69) is 0 Å². The first-order valence-electron chi connectivity index (χ1n) is 5.34. The lowest BCUT2D eigenvalue weighted by Gasteiger charge is -2.04. The van der Waals surface area contributed by atoms with E-state index in [9.17, 15) is 9.59 Å². The topological polar surface area (TPSA) is 52.6 Å². The van der Waals surface area contributed by atoms with E-state index in [-0.39, 0.29) is 0 Å². The molecule has 0 bridgehead atoms. The van der Waals surface area contributed by atoms with Gasteiger partial charge in [0, 0.05) is 0 Å². The molecule has 0 N–H and O–H groups in total. The van der Waals surface area contributed by atoms with Crippen molar-refractivity contribution in [2.24, 2.45) is 0 Å². The van der Waals surface area contributed by atoms with Crippen molar-refractivity contribution in [3.63, 3.8) is 0 Å². The molecular weight excluding hydrogens is 220 g/mol. The van der Waals surface area contributed by atoms with E-state index in [4.69, 9.17) is 9.47 Å². The quantitative estimate of drug-likeness (QED) is 0.590. The van der Waals surface area contributed by atoms with Crippen molar-refractivity contribution in [2.75, 3.05) is 6.61 Å². The minimum atomic E-state index is -0.814.